The van der Waals surface area contributed by atoms with Gasteiger partial charge in [0.25, 0.3) is 0 Å². The molecule has 2 aromatic rings. The summed E-state index contributed by atoms with van der Waals surface area (Å²) in [5.74, 6) is -0.410. The Morgan fingerprint density at radius 1 is 1.17 bits per heavy atom. The molecule has 1 aromatic heterocycles. The molecule has 168 valence electrons. The molecule has 0 fully saturated rings. The minimum atomic E-state index is -4.79. The van der Waals surface area contributed by atoms with Crippen molar-refractivity contribution in [2.75, 3.05) is 20.3 Å². The third-order valence-electron chi connectivity index (χ3n) is 3.76. The van der Waals surface area contributed by atoms with E-state index in [1.165, 1.54) is 33.1 Å². The number of esters is 1. The highest BCUT2D eigenvalue weighted by Crippen LogP contribution is 2.69. The Hall–Kier alpha value is -1.06. The molecule has 0 radical (unpaired) electrons. The molecule has 1 heterocycles. The first-order valence-electron chi connectivity index (χ1n) is 9.12. The molecule has 0 N–H and O–H groups in total. The predicted molar refractivity (Wildman–Crippen MR) is 116 cm³/mol. The fraction of sp³-hybridized carbons (Fsp3) is 0.526. The summed E-state index contributed by atoms with van der Waals surface area (Å²) in [5, 5.41) is 0.300. The molecule has 0 bridgehead atoms. The summed E-state index contributed by atoms with van der Waals surface area (Å²) < 4.78 is 64.3. The fourth-order valence-corrected chi connectivity index (χ4v) is 6.64. The highest BCUT2D eigenvalue weighted by molar-refractivity contribution is 9.10. The van der Waals surface area contributed by atoms with Crippen LogP contribution in [0.3, 0.4) is 0 Å². The maximum Gasteiger partial charge on any atom is 0.405 e. The van der Waals surface area contributed by atoms with Crippen molar-refractivity contribution >= 4 is 50.9 Å². The Balaban J connectivity index is 2.68. The standard InChI is InChI=1S/C19H24BrF2O6PS/c1-7-26-29(24,27-8-2)19(21,22)16-14(20)12-9-11(17(23)28-18(3,4)5)10-13(25-6)15(12)30-16/h9-10H,7-8H2,1-6H3. The number of hydrogen-bond acceptors (Lipinski definition) is 7. The minimum Gasteiger partial charge on any atom is -0.495 e. The molecule has 30 heavy (non-hydrogen) atoms. The van der Waals surface area contributed by atoms with Crippen molar-refractivity contribution in [3.8, 4) is 5.75 Å². The summed E-state index contributed by atoms with van der Waals surface area (Å²) in [6.07, 6.45) is 0. The van der Waals surface area contributed by atoms with Crippen LogP contribution in [0.15, 0.2) is 16.6 Å². The second-order valence-electron chi connectivity index (χ2n) is 7.18. The zero-order valence-electron chi connectivity index (χ0n) is 17.5. The van der Waals surface area contributed by atoms with Crippen molar-refractivity contribution in [1.82, 2.24) is 0 Å². The molecule has 6 nitrogen and oxygen atoms in total. The van der Waals surface area contributed by atoms with Crippen molar-refractivity contribution in [2.24, 2.45) is 0 Å². The van der Waals surface area contributed by atoms with Crippen LogP contribution in [-0.2, 0) is 24.0 Å². The quantitative estimate of drug-likeness (QED) is 0.273. The normalized spacial score (nSPS) is 13.0. The SMILES string of the molecule is CCOP(=O)(OCC)C(F)(F)c1sc2c(OC)cc(C(=O)OC(C)(C)C)cc2c1Br. The summed E-state index contributed by atoms with van der Waals surface area (Å²) in [5.41, 5.74) is -4.51. The molecule has 0 unspecified atom stereocenters. The van der Waals surface area contributed by atoms with Crippen molar-refractivity contribution < 1.29 is 36.7 Å². The number of methoxy groups -OCH3 is 1. The summed E-state index contributed by atoms with van der Waals surface area (Å²) in [7, 11) is -3.43. The second kappa shape index (κ2) is 9.20. The first-order valence-corrected chi connectivity index (χ1v) is 12.3. The van der Waals surface area contributed by atoms with E-state index in [9.17, 15) is 9.36 Å². The van der Waals surface area contributed by atoms with Gasteiger partial charge in [-0.25, -0.2) is 4.79 Å². The number of carbonyl (C=O) groups is 1. The maximum atomic E-state index is 15.3. The Morgan fingerprint density at radius 3 is 2.20 bits per heavy atom. The smallest absolute Gasteiger partial charge is 0.405 e. The Bertz CT molecular complexity index is 976. The molecule has 0 aliphatic carbocycles. The zero-order chi connectivity index (χ0) is 22.9. The second-order valence-corrected chi connectivity index (χ2v) is 11.1. The highest BCUT2D eigenvalue weighted by atomic mass is 79.9. The van der Waals surface area contributed by atoms with Crippen molar-refractivity contribution in [3.63, 3.8) is 0 Å². The van der Waals surface area contributed by atoms with E-state index in [2.05, 4.69) is 15.9 Å². The molecule has 0 aliphatic heterocycles. The molecule has 0 spiro atoms. The first-order chi connectivity index (χ1) is 13.8. The van der Waals surface area contributed by atoms with Gasteiger partial charge in [-0.15, -0.1) is 11.3 Å². The highest BCUT2D eigenvalue weighted by Gasteiger charge is 2.57. The summed E-state index contributed by atoms with van der Waals surface area (Å²) >= 11 is 3.87. The molecule has 0 saturated carbocycles. The van der Waals surface area contributed by atoms with E-state index in [0.717, 1.165) is 0 Å². The Kier molecular flexibility index (Phi) is 7.73. The molecule has 1 aromatic carbocycles. The van der Waals surface area contributed by atoms with Gasteiger partial charge in [0.1, 0.15) is 16.2 Å². The first kappa shape index (κ1) is 25.2. The lowest BCUT2D eigenvalue weighted by molar-refractivity contribution is 0.00693. The van der Waals surface area contributed by atoms with Gasteiger partial charge in [-0.3, -0.25) is 4.57 Å². The molecule has 2 rings (SSSR count). The number of fused-ring (bicyclic) bond motifs is 1. The van der Waals surface area contributed by atoms with Crippen molar-refractivity contribution in [3.05, 3.63) is 27.0 Å². The average molecular weight is 529 g/mol. The van der Waals surface area contributed by atoms with Gasteiger partial charge in [0.15, 0.2) is 0 Å². The van der Waals surface area contributed by atoms with Crippen LogP contribution in [0, 0.1) is 0 Å². The number of hydrogen-bond donors (Lipinski definition) is 0. The largest absolute Gasteiger partial charge is 0.495 e. The van der Waals surface area contributed by atoms with Gasteiger partial charge in [-0.05, 0) is 62.7 Å². The monoisotopic (exact) mass is 528 g/mol. The van der Waals surface area contributed by atoms with E-state index in [1.807, 2.05) is 0 Å². The van der Waals surface area contributed by atoms with Crippen LogP contribution >= 0.6 is 34.9 Å². The third-order valence-corrected chi connectivity index (χ3v) is 8.40. The van der Waals surface area contributed by atoms with E-state index < -0.39 is 29.7 Å². The summed E-state index contributed by atoms with van der Waals surface area (Å²) in [4.78, 5) is 12.0. The van der Waals surface area contributed by atoms with Gasteiger partial charge in [-0.1, -0.05) is 0 Å². The third kappa shape index (κ3) is 4.88. The molecular weight excluding hydrogens is 505 g/mol. The lowest BCUT2D eigenvalue weighted by atomic mass is 10.1. The van der Waals surface area contributed by atoms with Crippen LogP contribution in [0.1, 0.15) is 49.9 Å². The molecule has 0 amide bonds. The van der Waals surface area contributed by atoms with E-state index in [1.54, 1.807) is 20.8 Å². The molecule has 0 aliphatic rings. The topological polar surface area (TPSA) is 71.1 Å². The van der Waals surface area contributed by atoms with Crippen molar-refractivity contribution in [2.45, 2.75) is 45.9 Å². The van der Waals surface area contributed by atoms with E-state index in [4.69, 9.17) is 18.5 Å². The van der Waals surface area contributed by atoms with Gasteiger partial charge in [0, 0.05) is 9.86 Å². The van der Waals surface area contributed by atoms with E-state index >= 15 is 8.78 Å². The fourth-order valence-electron chi connectivity index (χ4n) is 2.60. The lowest BCUT2D eigenvalue weighted by Gasteiger charge is -2.25. The van der Waals surface area contributed by atoms with E-state index in [-0.39, 0.29) is 29.0 Å². The Morgan fingerprint density at radius 2 is 1.73 bits per heavy atom. The van der Waals surface area contributed by atoms with Crippen LogP contribution in [0.5, 0.6) is 5.75 Å². The molecule has 0 saturated heterocycles. The number of benzene rings is 1. The number of carbonyl (C=O) groups excluding carboxylic acids is 1. The number of thiophene rings is 1. The Labute approximate surface area is 186 Å². The van der Waals surface area contributed by atoms with Gasteiger partial charge < -0.3 is 18.5 Å². The minimum absolute atomic E-state index is 0.0177. The van der Waals surface area contributed by atoms with Crippen molar-refractivity contribution in [1.29, 1.82) is 0 Å². The van der Waals surface area contributed by atoms with Gasteiger partial charge >= 0.3 is 19.2 Å². The summed E-state index contributed by atoms with van der Waals surface area (Å²) in [6.45, 7) is 7.66. The lowest BCUT2D eigenvalue weighted by Crippen LogP contribution is -2.23. The van der Waals surface area contributed by atoms with Gasteiger partial charge in [-0.2, -0.15) is 8.78 Å². The van der Waals surface area contributed by atoms with Crippen LogP contribution in [0.4, 0.5) is 8.78 Å². The summed E-state index contributed by atoms with van der Waals surface area (Å²) in [6, 6.07) is 2.85. The molecular formula is C19H24BrF2O6PS. The molecule has 11 heteroatoms. The number of halogens is 3. The van der Waals surface area contributed by atoms with Crippen LogP contribution in [-0.4, -0.2) is 31.9 Å². The van der Waals surface area contributed by atoms with Crippen LogP contribution < -0.4 is 4.74 Å². The number of rotatable bonds is 8. The van der Waals surface area contributed by atoms with Gasteiger partial charge in [0.05, 0.1) is 30.6 Å². The maximum absolute atomic E-state index is 15.3. The van der Waals surface area contributed by atoms with Crippen LogP contribution in [0.2, 0.25) is 0 Å². The zero-order valence-corrected chi connectivity index (χ0v) is 20.8. The molecule has 0 atom stereocenters. The van der Waals surface area contributed by atoms with E-state index in [0.29, 0.717) is 21.4 Å². The predicted octanol–water partition coefficient (Wildman–Crippen LogP) is 6.94. The van der Waals surface area contributed by atoms with Gasteiger partial charge in [0.2, 0.25) is 0 Å². The number of alkyl halides is 2. The average Bonchev–Trinajstić information content (AvgIpc) is 2.97. The van der Waals surface area contributed by atoms with Crippen LogP contribution in [0.25, 0.3) is 10.1 Å². The number of ether oxygens (including phenoxy) is 2.